The molecular weight excluding hydrogens is 272 g/mol. The number of hydrogen-bond acceptors (Lipinski definition) is 3. The molecule has 1 aliphatic heterocycles. The van der Waals surface area contributed by atoms with Crippen molar-refractivity contribution in [2.24, 2.45) is 0 Å². The van der Waals surface area contributed by atoms with Gasteiger partial charge in [0.2, 0.25) is 10.0 Å². The molecule has 18 heavy (non-hydrogen) atoms. The highest BCUT2D eigenvalue weighted by molar-refractivity contribution is 7.89. The number of nitrogens with two attached hydrogens (primary N) is 1. The fourth-order valence-electron chi connectivity index (χ4n) is 2.23. The maximum atomic E-state index is 12.5. The van der Waals surface area contributed by atoms with E-state index < -0.39 is 10.0 Å². The lowest BCUT2D eigenvalue weighted by molar-refractivity contribution is 0.268. The van der Waals surface area contributed by atoms with Crippen LogP contribution in [0.3, 0.4) is 0 Å². The summed E-state index contributed by atoms with van der Waals surface area (Å²) in [5.74, 6) is 0. The van der Waals surface area contributed by atoms with Crippen LogP contribution in [0.5, 0.6) is 0 Å². The second kappa shape index (κ2) is 5.07. The van der Waals surface area contributed by atoms with Gasteiger partial charge in [-0.05, 0) is 38.0 Å². The number of sulfonamides is 1. The summed E-state index contributed by atoms with van der Waals surface area (Å²) in [7, 11) is -3.46. The molecule has 1 aromatic rings. The summed E-state index contributed by atoms with van der Waals surface area (Å²) in [6.45, 7) is 2.51. The van der Waals surface area contributed by atoms with Gasteiger partial charge in [0.1, 0.15) is 0 Å². The van der Waals surface area contributed by atoms with E-state index in [-0.39, 0.29) is 16.0 Å². The number of nitrogens with zero attached hydrogens (tertiary/aromatic N) is 1. The van der Waals surface area contributed by atoms with E-state index in [4.69, 9.17) is 17.3 Å². The summed E-state index contributed by atoms with van der Waals surface area (Å²) in [5.41, 5.74) is 5.99. The van der Waals surface area contributed by atoms with E-state index in [0.717, 1.165) is 19.3 Å². The van der Waals surface area contributed by atoms with Crippen LogP contribution in [0.1, 0.15) is 26.2 Å². The minimum Gasteiger partial charge on any atom is -0.398 e. The van der Waals surface area contributed by atoms with Crippen molar-refractivity contribution in [3.05, 3.63) is 23.2 Å². The van der Waals surface area contributed by atoms with Crippen LogP contribution in [0.4, 0.5) is 5.69 Å². The molecule has 0 aromatic heterocycles. The molecule has 1 atom stereocenters. The Morgan fingerprint density at radius 3 is 2.72 bits per heavy atom. The van der Waals surface area contributed by atoms with Gasteiger partial charge in [0.05, 0.1) is 15.6 Å². The van der Waals surface area contributed by atoms with Crippen molar-refractivity contribution < 1.29 is 8.42 Å². The smallest absolute Gasteiger partial charge is 0.243 e. The van der Waals surface area contributed by atoms with E-state index in [9.17, 15) is 8.42 Å². The minimum atomic E-state index is -3.46. The molecule has 4 nitrogen and oxygen atoms in total. The Balaban J connectivity index is 2.37. The van der Waals surface area contributed by atoms with Gasteiger partial charge in [-0.3, -0.25) is 0 Å². The molecular formula is C12H17ClN2O2S. The molecule has 0 aliphatic carbocycles. The molecule has 2 N–H and O–H groups in total. The first-order valence-corrected chi connectivity index (χ1v) is 7.81. The Morgan fingerprint density at radius 1 is 1.39 bits per heavy atom. The van der Waals surface area contributed by atoms with Crippen LogP contribution in [0.25, 0.3) is 0 Å². The summed E-state index contributed by atoms with van der Waals surface area (Å²) in [4.78, 5) is 0.218. The maximum absolute atomic E-state index is 12.5. The Morgan fingerprint density at radius 2 is 2.11 bits per heavy atom. The second-order valence-corrected chi connectivity index (χ2v) is 6.94. The normalized spacial score (nSPS) is 22.0. The van der Waals surface area contributed by atoms with E-state index in [1.165, 1.54) is 18.2 Å². The lowest BCUT2D eigenvalue weighted by Crippen LogP contribution is -2.41. The molecule has 0 bridgehead atoms. The molecule has 1 aliphatic rings. The van der Waals surface area contributed by atoms with Crippen LogP contribution in [0.2, 0.25) is 5.02 Å². The number of piperidine rings is 1. The van der Waals surface area contributed by atoms with Crippen molar-refractivity contribution in [1.82, 2.24) is 4.31 Å². The third-order valence-electron chi connectivity index (χ3n) is 3.32. The summed E-state index contributed by atoms with van der Waals surface area (Å²) in [5, 5.41) is 0.278. The quantitative estimate of drug-likeness (QED) is 0.851. The van der Waals surface area contributed by atoms with Gasteiger partial charge in [0.25, 0.3) is 0 Å². The zero-order valence-electron chi connectivity index (χ0n) is 10.3. The molecule has 1 fully saturated rings. The van der Waals surface area contributed by atoms with E-state index in [2.05, 4.69) is 0 Å². The van der Waals surface area contributed by atoms with E-state index >= 15 is 0 Å². The number of anilines is 1. The lowest BCUT2D eigenvalue weighted by Gasteiger charge is -2.32. The fraction of sp³-hybridized carbons (Fsp3) is 0.500. The Labute approximate surface area is 113 Å². The monoisotopic (exact) mass is 288 g/mol. The van der Waals surface area contributed by atoms with Crippen LogP contribution in [0.15, 0.2) is 23.1 Å². The highest BCUT2D eigenvalue weighted by Gasteiger charge is 2.31. The van der Waals surface area contributed by atoms with Crippen LogP contribution in [0, 0.1) is 0 Å². The lowest BCUT2D eigenvalue weighted by atomic mass is 10.1. The Hall–Kier alpha value is -0.780. The van der Waals surface area contributed by atoms with Gasteiger partial charge in [0.15, 0.2) is 0 Å². The molecule has 0 radical (unpaired) electrons. The van der Waals surface area contributed by atoms with Crippen LogP contribution >= 0.6 is 11.6 Å². The Kier molecular flexibility index (Phi) is 3.84. The molecule has 0 amide bonds. The zero-order valence-corrected chi connectivity index (χ0v) is 11.8. The average molecular weight is 289 g/mol. The fourth-order valence-corrected chi connectivity index (χ4v) is 4.20. The molecule has 2 rings (SSSR count). The molecule has 1 heterocycles. The highest BCUT2D eigenvalue weighted by atomic mass is 35.5. The van der Waals surface area contributed by atoms with Crippen LogP contribution < -0.4 is 5.73 Å². The number of rotatable bonds is 2. The highest BCUT2D eigenvalue weighted by Crippen LogP contribution is 2.28. The van der Waals surface area contributed by atoms with Crippen LogP contribution in [-0.2, 0) is 10.0 Å². The molecule has 1 unspecified atom stereocenters. The largest absolute Gasteiger partial charge is 0.398 e. The van der Waals surface area contributed by atoms with Gasteiger partial charge in [0, 0.05) is 12.6 Å². The van der Waals surface area contributed by atoms with Gasteiger partial charge in [-0.15, -0.1) is 0 Å². The minimum absolute atomic E-state index is 0.0417. The van der Waals surface area contributed by atoms with E-state index in [1.54, 1.807) is 4.31 Å². The van der Waals surface area contributed by atoms with E-state index in [1.807, 2.05) is 6.92 Å². The third kappa shape index (κ3) is 2.48. The number of benzene rings is 1. The van der Waals surface area contributed by atoms with Crippen molar-refractivity contribution in [2.75, 3.05) is 12.3 Å². The molecule has 6 heteroatoms. The molecule has 100 valence electrons. The summed E-state index contributed by atoms with van der Waals surface area (Å²) < 4.78 is 26.5. The first kappa shape index (κ1) is 13.6. The molecule has 0 saturated carbocycles. The first-order chi connectivity index (χ1) is 8.43. The SMILES string of the molecule is CC1CCCCN1S(=O)(=O)c1ccc(N)c(Cl)c1. The van der Waals surface area contributed by atoms with Crippen molar-refractivity contribution in [1.29, 1.82) is 0 Å². The number of halogens is 1. The van der Waals surface area contributed by atoms with Crippen molar-refractivity contribution in [3.8, 4) is 0 Å². The topological polar surface area (TPSA) is 63.4 Å². The standard InChI is InChI=1S/C12H17ClN2O2S/c1-9-4-2-3-7-15(9)18(16,17)10-5-6-12(14)11(13)8-10/h5-6,8-9H,2-4,7,14H2,1H3. The van der Waals surface area contributed by atoms with Crippen molar-refractivity contribution in [2.45, 2.75) is 37.1 Å². The van der Waals surface area contributed by atoms with Gasteiger partial charge in [-0.2, -0.15) is 4.31 Å². The Bertz CT molecular complexity index is 545. The molecule has 1 aromatic carbocycles. The predicted octanol–water partition coefficient (Wildman–Crippen LogP) is 2.49. The number of nitrogen functional groups attached to an aromatic ring is 1. The average Bonchev–Trinajstić information content (AvgIpc) is 2.33. The third-order valence-corrected chi connectivity index (χ3v) is 5.66. The number of hydrogen-bond donors (Lipinski definition) is 1. The predicted molar refractivity (Wildman–Crippen MR) is 73.1 cm³/mol. The van der Waals surface area contributed by atoms with Crippen LogP contribution in [-0.4, -0.2) is 25.3 Å². The molecule has 0 spiro atoms. The first-order valence-electron chi connectivity index (χ1n) is 6.00. The summed E-state index contributed by atoms with van der Waals surface area (Å²) >= 11 is 5.89. The molecule has 1 saturated heterocycles. The van der Waals surface area contributed by atoms with Gasteiger partial charge in [-0.25, -0.2) is 8.42 Å². The van der Waals surface area contributed by atoms with Gasteiger partial charge >= 0.3 is 0 Å². The van der Waals surface area contributed by atoms with Gasteiger partial charge in [-0.1, -0.05) is 18.0 Å². The second-order valence-electron chi connectivity index (χ2n) is 4.64. The van der Waals surface area contributed by atoms with E-state index in [0.29, 0.717) is 12.2 Å². The van der Waals surface area contributed by atoms with Crippen molar-refractivity contribution in [3.63, 3.8) is 0 Å². The zero-order chi connectivity index (χ0) is 13.3. The summed E-state index contributed by atoms with van der Waals surface area (Å²) in [6.07, 6.45) is 2.89. The van der Waals surface area contributed by atoms with Crippen molar-refractivity contribution >= 4 is 27.3 Å². The summed E-state index contributed by atoms with van der Waals surface area (Å²) in [6, 6.07) is 4.51. The maximum Gasteiger partial charge on any atom is 0.243 e. The van der Waals surface area contributed by atoms with Gasteiger partial charge < -0.3 is 5.73 Å².